The van der Waals surface area contributed by atoms with E-state index in [1.54, 1.807) is 24.3 Å². The summed E-state index contributed by atoms with van der Waals surface area (Å²) in [6, 6.07) is 31.2. The first-order valence-corrected chi connectivity index (χ1v) is 11.6. The smallest absolute Gasteiger partial charge is 0.115 e. The van der Waals surface area contributed by atoms with Crippen molar-refractivity contribution in [3.05, 3.63) is 127 Å². The maximum atomic E-state index is 13.5. The summed E-state index contributed by atoms with van der Waals surface area (Å²) >= 11 is 0. The summed E-state index contributed by atoms with van der Waals surface area (Å²) in [4.78, 5) is 0. The van der Waals surface area contributed by atoms with E-state index >= 15 is 0 Å². The Labute approximate surface area is 188 Å². The molecule has 0 radical (unpaired) electrons. The second kappa shape index (κ2) is 9.84. The summed E-state index contributed by atoms with van der Waals surface area (Å²) in [7, 11) is -2.18. The third-order valence-electron chi connectivity index (χ3n) is 5.18. The van der Waals surface area contributed by atoms with Crippen molar-refractivity contribution in [2.24, 2.45) is 0 Å². The van der Waals surface area contributed by atoms with Crippen LogP contribution in [-0.2, 0) is 0 Å². The fourth-order valence-corrected chi connectivity index (χ4v) is 7.83. The maximum Gasteiger partial charge on any atom is 0.115 e. The van der Waals surface area contributed by atoms with E-state index in [0.29, 0.717) is 17.4 Å². The highest BCUT2D eigenvalue weighted by atomic mass is 79.9. The molecule has 0 heterocycles. The summed E-state index contributed by atoms with van der Waals surface area (Å²) in [5.74, 6) is 0.106. The van der Waals surface area contributed by atoms with Gasteiger partial charge in [0, 0.05) is 0 Å². The number of benzene rings is 3. The number of allylic oxidation sites excluding steroid dienone is 6. The minimum absolute atomic E-state index is 0. The van der Waals surface area contributed by atoms with Gasteiger partial charge in [-0.1, -0.05) is 72.5 Å². The minimum atomic E-state index is -2.18. The quantitative estimate of drug-likeness (QED) is 0.433. The lowest BCUT2D eigenvalue weighted by Gasteiger charge is -2.31. The van der Waals surface area contributed by atoms with Gasteiger partial charge in [0.25, 0.3) is 0 Å². The molecule has 1 N–H and O–H groups in total. The monoisotopic (exact) mass is 475 g/mol. The molecule has 0 atom stereocenters. The molecule has 0 saturated carbocycles. The molecule has 0 aromatic heterocycles. The van der Waals surface area contributed by atoms with Crippen LogP contribution < -0.4 is 21.0 Å². The largest absolute Gasteiger partial charge is 0.873 e. The van der Waals surface area contributed by atoms with E-state index in [4.69, 9.17) is 5.41 Å². The fraction of sp³-hybridized carbons (Fsp3) is 0.0385. The van der Waals surface area contributed by atoms with Gasteiger partial charge in [-0.2, -0.15) is 0 Å². The van der Waals surface area contributed by atoms with Crippen LogP contribution >= 0.6 is 24.2 Å². The molecular weight excluding hydrogens is 453 g/mol. The molecule has 30 heavy (non-hydrogen) atoms. The Morgan fingerprint density at radius 2 is 1.00 bits per heavy atom. The van der Waals surface area contributed by atoms with Crippen LogP contribution in [0, 0.1) is 5.41 Å². The topological polar surface area (TPSA) is 46.9 Å². The first-order chi connectivity index (χ1) is 14.2. The number of hydrogen-bond acceptors (Lipinski definition) is 2. The lowest BCUT2D eigenvalue weighted by Crippen LogP contribution is -2.35. The van der Waals surface area contributed by atoms with E-state index in [0.717, 1.165) is 0 Å². The Bertz CT molecular complexity index is 975. The number of rotatable bonds is 5. The van der Waals surface area contributed by atoms with Gasteiger partial charge >= 0.3 is 0 Å². The number of nitrogens with one attached hydrogen (secondary N) is 1. The molecule has 150 valence electrons. The van der Waals surface area contributed by atoms with Crippen molar-refractivity contribution in [3.63, 3.8) is 0 Å². The highest BCUT2D eigenvalue weighted by molar-refractivity contribution is 8.93. The number of hydrogen-bond donors (Lipinski definition) is 1. The maximum absolute atomic E-state index is 13.5. The van der Waals surface area contributed by atoms with E-state index in [1.807, 2.05) is 18.2 Å². The van der Waals surface area contributed by atoms with Gasteiger partial charge < -0.3 is 10.5 Å². The fourth-order valence-electron chi connectivity index (χ4n) is 3.73. The zero-order chi connectivity index (χ0) is 20.1. The van der Waals surface area contributed by atoms with Gasteiger partial charge in [-0.25, -0.2) is 0 Å². The summed E-state index contributed by atoms with van der Waals surface area (Å²) in [5.41, 5.74) is 1.07. The molecule has 0 aliphatic heterocycles. The molecule has 0 fully saturated rings. The van der Waals surface area contributed by atoms with Gasteiger partial charge in [-0.05, 0) is 54.1 Å². The van der Waals surface area contributed by atoms with Crippen LogP contribution in [0.1, 0.15) is 0 Å². The van der Waals surface area contributed by atoms with E-state index in [9.17, 15) is 5.11 Å². The highest BCUT2D eigenvalue weighted by Crippen LogP contribution is 2.56. The van der Waals surface area contributed by atoms with Gasteiger partial charge in [-0.15, -0.1) is 17.0 Å². The van der Waals surface area contributed by atoms with E-state index in [1.165, 1.54) is 15.9 Å². The summed E-state index contributed by atoms with van der Waals surface area (Å²) in [6.45, 7) is 0. The zero-order valence-corrected chi connectivity index (χ0v) is 19.0. The first kappa shape index (κ1) is 22.0. The van der Waals surface area contributed by atoms with Gasteiger partial charge in [-0.3, -0.25) is 0 Å². The molecular formula is C26H23BrNOP. The SMILES string of the molecule is Br.N=C1C=CC(=C([O-])C[P+](c2ccccc2)(c2ccccc2)c2ccccc2)C=C1. The zero-order valence-electron chi connectivity index (χ0n) is 16.4. The van der Waals surface area contributed by atoms with Gasteiger partial charge in [0.1, 0.15) is 23.2 Å². The lowest BCUT2D eigenvalue weighted by atomic mass is 10.1. The summed E-state index contributed by atoms with van der Waals surface area (Å²) in [6.07, 6.45) is 7.31. The Morgan fingerprint density at radius 1 is 0.633 bits per heavy atom. The van der Waals surface area contributed by atoms with Crippen molar-refractivity contribution in [1.82, 2.24) is 0 Å². The average molecular weight is 476 g/mol. The van der Waals surface area contributed by atoms with E-state index < -0.39 is 7.26 Å². The van der Waals surface area contributed by atoms with E-state index in [-0.39, 0.29) is 22.7 Å². The van der Waals surface area contributed by atoms with Gasteiger partial charge in [0.05, 0.1) is 11.9 Å². The molecule has 4 heteroatoms. The molecule has 4 rings (SSSR count). The molecule has 1 aliphatic rings. The Kier molecular flexibility index (Phi) is 7.20. The third kappa shape index (κ3) is 4.38. The van der Waals surface area contributed by atoms with Gasteiger partial charge in [0.15, 0.2) is 0 Å². The van der Waals surface area contributed by atoms with Gasteiger partial charge in [0.2, 0.25) is 0 Å². The molecule has 2 nitrogen and oxygen atoms in total. The molecule has 0 saturated heterocycles. The van der Waals surface area contributed by atoms with Crippen LogP contribution in [0.2, 0.25) is 0 Å². The Hall–Kier alpha value is -2.74. The predicted molar refractivity (Wildman–Crippen MR) is 133 cm³/mol. The van der Waals surface area contributed by atoms with Crippen molar-refractivity contribution in [3.8, 4) is 0 Å². The van der Waals surface area contributed by atoms with Crippen LogP contribution in [0.5, 0.6) is 0 Å². The van der Waals surface area contributed by atoms with Crippen LogP contribution in [-0.4, -0.2) is 11.9 Å². The summed E-state index contributed by atoms with van der Waals surface area (Å²) in [5, 5.41) is 24.8. The molecule has 3 aromatic carbocycles. The second-order valence-electron chi connectivity index (χ2n) is 6.98. The highest BCUT2D eigenvalue weighted by Gasteiger charge is 2.44. The standard InChI is InChI=1S/C26H22NOP.BrH/c27-22-18-16-21(17-19-22)26(28)20-29(23-10-4-1-5-11-23,24-12-6-2-7-13-24)25-14-8-3-9-15-25;/h1-19H,20H2,(H-,27,28);1H. The van der Waals surface area contributed by atoms with E-state index in [2.05, 4.69) is 72.8 Å². The van der Waals surface area contributed by atoms with Crippen LogP contribution in [0.15, 0.2) is 127 Å². The van der Waals surface area contributed by atoms with Crippen molar-refractivity contribution in [2.45, 2.75) is 0 Å². The Morgan fingerprint density at radius 3 is 1.37 bits per heavy atom. The van der Waals surface area contributed by atoms with Crippen molar-refractivity contribution in [1.29, 1.82) is 5.41 Å². The van der Waals surface area contributed by atoms with Crippen LogP contribution in [0.25, 0.3) is 0 Å². The third-order valence-corrected chi connectivity index (χ3v) is 9.48. The average Bonchev–Trinajstić information content (AvgIpc) is 2.79. The van der Waals surface area contributed by atoms with Crippen molar-refractivity contribution in [2.75, 3.05) is 6.16 Å². The lowest BCUT2D eigenvalue weighted by molar-refractivity contribution is -0.301. The molecule has 3 aromatic rings. The molecule has 0 bridgehead atoms. The van der Waals surface area contributed by atoms with Crippen molar-refractivity contribution >= 4 is 45.9 Å². The normalized spacial score (nSPS) is 13.1. The van der Waals surface area contributed by atoms with Crippen molar-refractivity contribution < 1.29 is 5.11 Å². The molecule has 0 unspecified atom stereocenters. The van der Waals surface area contributed by atoms with Crippen LogP contribution in [0.3, 0.4) is 0 Å². The molecule has 0 spiro atoms. The number of halogens is 1. The molecule has 1 aliphatic carbocycles. The Balaban J connectivity index is 0.00000256. The summed E-state index contributed by atoms with van der Waals surface area (Å²) < 4.78 is 0. The predicted octanol–water partition coefficient (Wildman–Crippen LogP) is 4.32. The van der Waals surface area contributed by atoms with Crippen LogP contribution in [0.4, 0.5) is 0 Å². The first-order valence-electron chi connectivity index (χ1n) is 9.60. The second-order valence-corrected chi connectivity index (χ2v) is 10.5. The molecule has 0 amide bonds. The minimum Gasteiger partial charge on any atom is -0.873 e.